The minimum atomic E-state index is -0.585. The van der Waals surface area contributed by atoms with Gasteiger partial charge >= 0.3 is 5.97 Å². The van der Waals surface area contributed by atoms with Gasteiger partial charge in [-0.15, -0.1) is 0 Å². The molecule has 0 atom stereocenters. The Morgan fingerprint density at radius 2 is 1.76 bits per heavy atom. The van der Waals surface area contributed by atoms with Crippen molar-refractivity contribution in [1.29, 1.82) is 0 Å². The summed E-state index contributed by atoms with van der Waals surface area (Å²) in [5.74, 6) is -0.652. The van der Waals surface area contributed by atoms with E-state index in [2.05, 4.69) is 4.90 Å². The number of non-ortho nitro benzene ring substituents is 1. The molecule has 1 aliphatic carbocycles. The lowest BCUT2D eigenvalue weighted by atomic mass is 9.85. The maximum absolute atomic E-state index is 14.3. The Morgan fingerprint density at radius 1 is 1.14 bits per heavy atom. The van der Waals surface area contributed by atoms with Crippen LogP contribution in [0.1, 0.15) is 46.5 Å². The number of carbonyl (C=O) groups excluding carboxylic acids is 1. The highest BCUT2D eigenvalue weighted by atomic mass is 19.1. The van der Waals surface area contributed by atoms with Crippen molar-refractivity contribution in [3.05, 3.63) is 34.1 Å². The van der Waals surface area contributed by atoms with E-state index in [9.17, 15) is 19.3 Å². The molecule has 1 saturated carbocycles. The van der Waals surface area contributed by atoms with Gasteiger partial charge in [0.15, 0.2) is 5.82 Å². The Morgan fingerprint density at radius 3 is 2.28 bits per heavy atom. The van der Waals surface area contributed by atoms with Crippen LogP contribution in [0.4, 0.5) is 15.8 Å². The van der Waals surface area contributed by atoms with E-state index in [-0.39, 0.29) is 17.6 Å². The predicted molar refractivity (Wildman–Crippen MR) is 108 cm³/mol. The maximum atomic E-state index is 14.3. The molecule has 1 aliphatic heterocycles. The average molecular weight is 407 g/mol. The molecule has 3 rings (SSSR count). The van der Waals surface area contributed by atoms with Gasteiger partial charge in [0.25, 0.3) is 5.69 Å². The van der Waals surface area contributed by atoms with E-state index in [0.29, 0.717) is 24.8 Å². The molecule has 2 aliphatic rings. The average Bonchev–Trinajstić information content (AvgIpc) is 2.67. The van der Waals surface area contributed by atoms with Gasteiger partial charge in [-0.05, 0) is 52.5 Å². The zero-order valence-corrected chi connectivity index (χ0v) is 17.4. The quantitative estimate of drug-likeness (QED) is 0.430. The number of anilines is 1. The number of nitro benzene ring substituents is 1. The van der Waals surface area contributed by atoms with Gasteiger partial charge in [0, 0.05) is 38.3 Å². The second kappa shape index (κ2) is 8.65. The molecule has 1 aromatic rings. The number of hydrogen-bond acceptors (Lipinski definition) is 6. The highest BCUT2D eigenvalue weighted by molar-refractivity contribution is 5.73. The fourth-order valence-electron chi connectivity index (χ4n) is 4.26. The van der Waals surface area contributed by atoms with E-state index < -0.39 is 16.3 Å². The van der Waals surface area contributed by atoms with Crippen LogP contribution in [-0.4, -0.2) is 53.6 Å². The van der Waals surface area contributed by atoms with Crippen molar-refractivity contribution in [2.75, 3.05) is 31.1 Å². The number of rotatable bonds is 4. The lowest BCUT2D eigenvalue weighted by molar-refractivity contribution is -0.385. The zero-order chi connectivity index (χ0) is 21.2. The molecular weight excluding hydrogens is 377 g/mol. The van der Waals surface area contributed by atoms with Gasteiger partial charge in [0.1, 0.15) is 5.60 Å². The summed E-state index contributed by atoms with van der Waals surface area (Å²) in [6.07, 6.45) is 3.62. The van der Waals surface area contributed by atoms with E-state index in [4.69, 9.17) is 4.74 Å². The number of nitrogens with zero attached hydrogens (tertiary/aromatic N) is 3. The molecule has 160 valence electrons. The first-order chi connectivity index (χ1) is 13.6. The van der Waals surface area contributed by atoms with Crippen LogP contribution < -0.4 is 4.90 Å². The third-order valence-electron chi connectivity index (χ3n) is 5.75. The second-order valence-corrected chi connectivity index (χ2v) is 8.95. The molecule has 0 N–H and O–H groups in total. The zero-order valence-electron chi connectivity index (χ0n) is 17.4. The molecule has 0 unspecified atom stereocenters. The Hall–Kier alpha value is -2.22. The van der Waals surface area contributed by atoms with Crippen molar-refractivity contribution in [2.45, 2.75) is 58.1 Å². The molecule has 1 heterocycles. The molecule has 0 amide bonds. The Balaban J connectivity index is 1.49. The number of nitro groups is 1. The highest BCUT2D eigenvalue weighted by Gasteiger charge is 2.33. The summed E-state index contributed by atoms with van der Waals surface area (Å²) in [5.41, 5.74) is -0.257. The van der Waals surface area contributed by atoms with Crippen LogP contribution in [0, 0.1) is 21.8 Å². The number of ether oxygens (including phenoxy) is 1. The number of benzene rings is 1. The number of halogens is 1. The minimum Gasteiger partial charge on any atom is -0.460 e. The molecule has 7 nitrogen and oxygen atoms in total. The standard InChI is InChI=1S/C21H30FN3O4/c1-21(2,3)29-20(26)15-4-6-16(7-5-15)23-10-12-24(13-11-23)19-9-8-17(25(27)28)14-18(19)22/h8-9,14-16H,4-7,10-13H2,1-3H3/t15-,16-. The summed E-state index contributed by atoms with van der Waals surface area (Å²) in [6.45, 7) is 8.68. The fourth-order valence-corrected chi connectivity index (χ4v) is 4.26. The van der Waals surface area contributed by atoms with Crippen molar-refractivity contribution >= 4 is 17.3 Å². The van der Waals surface area contributed by atoms with Gasteiger partial charge in [-0.2, -0.15) is 0 Å². The third kappa shape index (κ3) is 5.44. The first kappa shape index (κ1) is 21.5. The summed E-state index contributed by atoms with van der Waals surface area (Å²) in [7, 11) is 0. The van der Waals surface area contributed by atoms with E-state index in [1.165, 1.54) is 12.1 Å². The van der Waals surface area contributed by atoms with E-state index >= 15 is 0 Å². The Bertz CT molecular complexity index is 749. The maximum Gasteiger partial charge on any atom is 0.309 e. The Kier molecular flexibility index (Phi) is 6.41. The lowest BCUT2D eigenvalue weighted by Gasteiger charge is -2.42. The molecule has 1 aromatic carbocycles. The molecule has 8 heteroatoms. The normalized spacial score (nSPS) is 23.7. The van der Waals surface area contributed by atoms with Crippen LogP contribution in [0.5, 0.6) is 0 Å². The summed E-state index contributed by atoms with van der Waals surface area (Å²) in [4.78, 5) is 26.8. The summed E-state index contributed by atoms with van der Waals surface area (Å²) < 4.78 is 19.8. The van der Waals surface area contributed by atoms with Crippen molar-refractivity contribution in [3.8, 4) is 0 Å². The topological polar surface area (TPSA) is 75.9 Å². The minimum absolute atomic E-state index is 0.0130. The molecular formula is C21H30FN3O4. The van der Waals surface area contributed by atoms with Crippen molar-refractivity contribution in [1.82, 2.24) is 4.90 Å². The molecule has 0 aromatic heterocycles. The van der Waals surface area contributed by atoms with Crippen molar-refractivity contribution in [2.24, 2.45) is 5.92 Å². The van der Waals surface area contributed by atoms with Crippen molar-refractivity contribution in [3.63, 3.8) is 0 Å². The molecule has 1 saturated heterocycles. The van der Waals surface area contributed by atoms with Gasteiger partial charge in [-0.1, -0.05) is 0 Å². The van der Waals surface area contributed by atoms with Gasteiger partial charge in [0.2, 0.25) is 0 Å². The smallest absolute Gasteiger partial charge is 0.309 e. The molecule has 0 bridgehead atoms. The van der Waals surface area contributed by atoms with Crippen LogP contribution in [0.3, 0.4) is 0 Å². The number of carbonyl (C=O) groups is 1. The van der Waals surface area contributed by atoms with Gasteiger partial charge < -0.3 is 9.64 Å². The lowest BCUT2D eigenvalue weighted by Crippen LogP contribution is -2.51. The summed E-state index contributed by atoms with van der Waals surface area (Å²) in [6, 6.07) is 4.27. The van der Waals surface area contributed by atoms with Crippen LogP contribution in [-0.2, 0) is 9.53 Å². The van der Waals surface area contributed by atoms with E-state index in [1.807, 2.05) is 25.7 Å². The predicted octanol–water partition coefficient (Wildman–Crippen LogP) is 3.76. The fraction of sp³-hybridized carbons (Fsp3) is 0.667. The van der Waals surface area contributed by atoms with E-state index in [1.54, 1.807) is 0 Å². The Labute approximate surface area is 171 Å². The van der Waals surface area contributed by atoms with E-state index in [0.717, 1.165) is 44.8 Å². The van der Waals surface area contributed by atoms with Crippen LogP contribution in [0.15, 0.2) is 18.2 Å². The number of hydrogen-bond donors (Lipinski definition) is 0. The molecule has 29 heavy (non-hydrogen) atoms. The molecule has 0 spiro atoms. The van der Waals surface area contributed by atoms with Crippen LogP contribution in [0.2, 0.25) is 0 Å². The highest BCUT2D eigenvalue weighted by Crippen LogP contribution is 2.31. The molecule has 0 radical (unpaired) electrons. The number of piperazine rings is 1. The molecule has 2 fully saturated rings. The second-order valence-electron chi connectivity index (χ2n) is 8.95. The largest absolute Gasteiger partial charge is 0.460 e. The SMILES string of the molecule is CC(C)(C)OC(=O)[C@H]1CC[C@H](N2CCN(c3ccc([N+](=O)[O-])cc3F)CC2)CC1. The summed E-state index contributed by atoms with van der Waals surface area (Å²) in [5, 5.41) is 10.8. The number of esters is 1. The first-order valence-electron chi connectivity index (χ1n) is 10.3. The van der Waals surface area contributed by atoms with Gasteiger partial charge in [-0.3, -0.25) is 19.8 Å². The van der Waals surface area contributed by atoms with Crippen molar-refractivity contribution < 1.29 is 18.8 Å². The summed E-state index contributed by atoms with van der Waals surface area (Å²) >= 11 is 0. The van der Waals surface area contributed by atoms with Gasteiger partial charge in [0.05, 0.1) is 22.6 Å². The van der Waals surface area contributed by atoms with Crippen LogP contribution in [0.25, 0.3) is 0 Å². The third-order valence-corrected chi connectivity index (χ3v) is 5.75. The van der Waals surface area contributed by atoms with Gasteiger partial charge in [-0.25, -0.2) is 4.39 Å². The monoisotopic (exact) mass is 407 g/mol. The van der Waals surface area contributed by atoms with Crippen LogP contribution >= 0.6 is 0 Å². The first-order valence-corrected chi connectivity index (χ1v) is 10.3.